The number of hydrogen-bond donors (Lipinski definition) is 1. The normalized spacial score (nSPS) is 14.9. The fraction of sp³-hybridized carbons (Fsp3) is 0.208. The van der Waals surface area contributed by atoms with Crippen LogP contribution in [-0.4, -0.2) is 28.5 Å². The Balaban J connectivity index is 2.07. The van der Waals surface area contributed by atoms with E-state index in [9.17, 15) is 14.7 Å². The number of methoxy groups -OCH3 is 1. The van der Waals surface area contributed by atoms with Gasteiger partial charge in [0.15, 0.2) is 0 Å². The van der Waals surface area contributed by atoms with Gasteiger partial charge in [-0.2, -0.15) is 0 Å². The third-order valence-electron chi connectivity index (χ3n) is 5.37. The summed E-state index contributed by atoms with van der Waals surface area (Å²) in [7, 11) is 3.28. The van der Waals surface area contributed by atoms with Crippen LogP contribution in [0.3, 0.4) is 0 Å². The highest BCUT2D eigenvalue weighted by Gasteiger charge is 2.27. The van der Waals surface area contributed by atoms with E-state index in [0.29, 0.717) is 17.0 Å². The second-order valence-electron chi connectivity index (χ2n) is 7.46. The van der Waals surface area contributed by atoms with Crippen LogP contribution in [0.25, 0.3) is 11.1 Å². The van der Waals surface area contributed by atoms with Crippen molar-refractivity contribution < 1.29 is 14.6 Å². The summed E-state index contributed by atoms with van der Waals surface area (Å²) in [6, 6.07) is 14.5. The van der Waals surface area contributed by atoms with Crippen LogP contribution in [0.4, 0.5) is 0 Å². The van der Waals surface area contributed by atoms with Crippen LogP contribution < -0.4 is 10.3 Å². The Bertz CT molecular complexity index is 1220. The minimum atomic E-state index is -0.970. The molecule has 1 N–H and O–H groups in total. The quantitative estimate of drug-likeness (QED) is 0.721. The summed E-state index contributed by atoms with van der Waals surface area (Å²) in [5, 5.41) is 9.53. The molecule has 0 saturated heterocycles. The third-order valence-corrected chi connectivity index (χ3v) is 5.37. The highest BCUT2D eigenvalue weighted by molar-refractivity contribution is 6.17. The molecule has 0 bridgehead atoms. The molecule has 0 amide bonds. The van der Waals surface area contributed by atoms with E-state index in [1.54, 1.807) is 20.4 Å². The molecule has 30 heavy (non-hydrogen) atoms. The number of carboxylic acids is 1. The van der Waals surface area contributed by atoms with Crippen LogP contribution in [0.5, 0.6) is 5.75 Å². The molecule has 2 heterocycles. The van der Waals surface area contributed by atoms with E-state index >= 15 is 0 Å². The van der Waals surface area contributed by atoms with Crippen LogP contribution in [0.2, 0.25) is 0 Å². The average Bonchev–Trinajstić information content (AvgIpc) is 2.84. The smallest absolute Gasteiger partial charge is 0.305 e. The van der Waals surface area contributed by atoms with Crippen molar-refractivity contribution >= 4 is 11.7 Å². The first-order valence-corrected chi connectivity index (χ1v) is 9.63. The summed E-state index contributed by atoms with van der Waals surface area (Å²) in [5.74, 6) is -0.296. The monoisotopic (exact) mass is 402 g/mol. The third kappa shape index (κ3) is 3.52. The Morgan fingerprint density at radius 1 is 1.10 bits per heavy atom. The molecule has 0 fully saturated rings. The lowest BCUT2D eigenvalue weighted by Crippen LogP contribution is -2.18. The van der Waals surface area contributed by atoms with Crippen molar-refractivity contribution in [1.82, 2.24) is 4.57 Å². The highest BCUT2D eigenvalue weighted by atomic mass is 16.5. The second kappa shape index (κ2) is 7.63. The molecule has 152 valence electrons. The molecule has 0 radical (unpaired) electrons. The maximum atomic E-state index is 12.4. The maximum Gasteiger partial charge on any atom is 0.305 e. The second-order valence-corrected chi connectivity index (χ2v) is 7.46. The molecule has 1 aliphatic rings. The number of rotatable bonds is 4. The van der Waals surface area contributed by atoms with Gasteiger partial charge in [-0.1, -0.05) is 29.8 Å². The number of carbonyl (C=O) groups is 1. The van der Waals surface area contributed by atoms with Crippen molar-refractivity contribution in [1.29, 1.82) is 0 Å². The van der Waals surface area contributed by atoms with Gasteiger partial charge in [0.05, 0.1) is 25.3 Å². The molecular weight excluding hydrogens is 380 g/mol. The zero-order valence-corrected chi connectivity index (χ0v) is 17.0. The predicted molar refractivity (Wildman–Crippen MR) is 115 cm³/mol. The number of aliphatic imine (C=N–C) groups is 1. The number of benzene rings is 2. The summed E-state index contributed by atoms with van der Waals surface area (Å²) in [4.78, 5) is 28.9. The summed E-state index contributed by atoms with van der Waals surface area (Å²) in [5.41, 5.74) is 5.62. The van der Waals surface area contributed by atoms with Crippen molar-refractivity contribution in [3.63, 3.8) is 0 Å². The fourth-order valence-corrected chi connectivity index (χ4v) is 3.78. The number of hydrogen-bond acceptors (Lipinski definition) is 4. The SMILES string of the molecule is COc1ccc2c(c1)-c1cn(C)c(=O)cc1[C@H](CC(=O)O)N=C2c1ccc(C)cc1. The molecule has 4 rings (SSSR count). The van der Waals surface area contributed by atoms with Crippen molar-refractivity contribution in [3.8, 4) is 16.9 Å². The Kier molecular flexibility index (Phi) is 4.99. The van der Waals surface area contributed by atoms with Gasteiger partial charge in [-0.3, -0.25) is 14.6 Å². The number of aryl methyl sites for hydroxylation is 2. The standard InChI is InChI=1S/C24H22N2O4/c1-14-4-6-15(7-5-14)24-17-9-8-16(30-3)10-18(17)20-13-26(2)22(27)11-19(20)21(25-24)12-23(28)29/h4-11,13,21H,12H2,1-3H3,(H,28,29)/t21-/m0/s1. The molecule has 0 aliphatic carbocycles. The van der Waals surface area contributed by atoms with Gasteiger partial charge in [-0.05, 0) is 36.2 Å². The number of aromatic nitrogens is 1. The molecule has 0 spiro atoms. The van der Waals surface area contributed by atoms with Gasteiger partial charge < -0.3 is 14.4 Å². The Hall–Kier alpha value is -3.67. The minimum absolute atomic E-state index is 0.206. The summed E-state index contributed by atoms with van der Waals surface area (Å²) >= 11 is 0. The number of aliphatic carboxylic acids is 1. The molecule has 0 unspecified atom stereocenters. The average molecular weight is 402 g/mol. The lowest BCUT2D eigenvalue weighted by Gasteiger charge is -2.15. The lowest BCUT2D eigenvalue weighted by atomic mass is 9.91. The molecule has 6 nitrogen and oxygen atoms in total. The summed E-state index contributed by atoms with van der Waals surface area (Å²) in [6.45, 7) is 2.01. The lowest BCUT2D eigenvalue weighted by molar-refractivity contribution is -0.137. The van der Waals surface area contributed by atoms with E-state index in [-0.39, 0.29) is 12.0 Å². The topological polar surface area (TPSA) is 80.9 Å². The molecule has 1 atom stereocenters. The zero-order chi connectivity index (χ0) is 21.4. The summed E-state index contributed by atoms with van der Waals surface area (Å²) < 4.78 is 6.93. The first kappa shape index (κ1) is 19.6. The number of carboxylic acid groups (broad SMARTS) is 1. The Morgan fingerprint density at radius 3 is 2.50 bits per heavy atom. The molecule has 6 heteroatoms. The summed E-state index contributed by atoms with van der Waals surface area (Å²) in [6.07, 6.45) is 1.54. The van der Waals surface area contributed by atoms with Gasteiger partial charge in [0.1, 0.15) is 5.75 Å². The molecule has 3 aromatic rings. The maximum absolute atomic E-state index is 12.4. The molecule has 2 aromatic carbocycles. The molecule has 1 aromatic heterocycles. The van der Waals surface area contributed by atoms with Gasteiger partial charge in [0.2, 0.25) is 0 Å². The van der Waals surface area contributed by atoms with Gasteiger partial charge in [0, 0.05) is 36.0 Å². The van der Waals surface area contributed by atoms with Crippen molar-refractivity contribution in [2.24, 2.45) is 12.0 Å². The molecule has 1 aliphatic heterocycles. The van der Waals surface area contributed by atoms with E-state index in [1.165, 1.54) is 10.6 Å². The van der Waals surface area contributed by atoms with Crippen LogP contribution in [0, 0.1) is 6.92 Å². The van der Waals surface area contributed by atoms with E-state index in [0.717, 1.165) is 27.8 Å². The van der Waals surface area contributed by atoms with Crippen molar-refractivity contribution in [2.45, 2.75) is 19.4 Å². The van der Waals surface area contributed by atoms with Gasteiger partial charge in [0.25, 0.3) is 5.56 Å². The van der Waals surface area contributed by atoms with E-state index in [4.69, 9.17) is 9.73 Å². The van der Waals surface area contributed by atoms with Gasteiger partial charge in [-0.15, -0.1) is 0 Å². The van der Waals surface area contributed by atoms with E-state index in [2.05, 4.69) is 0 Å². The number of nitrogens with zero attached hydrogens (tertiary/aromatic N) is 2. The molecular formula is C24H22N2O4. The zero-order valence-electron chi connectivity index (χ0n) is 17.0. The van der Waals surface area contributed by atoms with Crippen LogP contribution in [-0.2, 0) is 11.8 Å². The number of fused-ring (bicyclic) bond motifs is 3. The number of pyridine rings is 1. The van der Waals surface area contributed by atoms with E-state index < -0.39 is 12.0 Å². The fourth-order valence-electron chi connectivity index (χ4n) is 3.78. The largest absolute Gasteiger partial charge is 0.497 e. The first-order chi connectivity index (χ1) is 14.4. The number of ether oxygens (including phenoxy) is 1. The Morgan fingerprint density at radius 2 is 1.83 bits per heavy atom. The highest BCUT2D eigenvalue weighted by Crippen LogP contribution is 2.39. The predicted octanol–water partition coefficient (Wildman–Crippen LogP) is 3.74. The van der Waals surface area contributed by atoms with E-state index in [1.807, 2.05) is 49.4 Å². The van der Waals surface area contributed by atoms with Crippen molar-refractivity contribution in [2.75, 3.05) is 7.11 Å². The van der Waals surface area contributed by atoms with Gasteiger partial charge in [-0.25, -0.2) is 0 Å². The van der Waals surface area contributed by atoms with Crippen LogP contribution >= 0.6 is 0 Å². The van der Waals surface area contributed by atoms with Crippen molar-refractivity contribution in [3.05, 3.63) is 87.3 Å². The van der Waals surface area contributed by atoms with Crippen LogP contribution in [0.1, 0.15) is 34.7 Å². The Labute approximate surface area is 174 Å². The molecule has 0 saturated carbocycles. The van der Waals surface area contributed by atoms with Crippen LogP contribution in [0.15, 0.2) is 64.5 Å². The minimum Gasteiger partial charge on any atom is -0.497 e. The first-order valence-electron chi connectivity index (χ1n) is 9.63. The van der Waals surface area contributed by atoms with Gasteiger partial charge >= 0.3 is 5.97 Å².